The fourth-order valence-electron chi connectivity index (χ4n) is 6.71. The summed E-state index contributed by atoms with van der Waals surface area (Å²) < 4.78 is 0. The van der Waals surface area contributed by atoms with Crippen LogP contribution in [0.4, 0.5) is 0 Å². The number of nitrogens with zero attached hydrogens (tertiary/aromatic N) is 1. The highest BCUT2D eigenvalue weighted by Gasteiger charge is 2.68. The summed E-state index contributed by atoms with van der Waals surface area (Å²) in [5.41, 5.74) is 1.95. The molecule has 0 bridgehead atoms. The fraction of sp³-hybridized carbons (Fsp3) is 0.414. The molecule has 0 radical (unpaired) electrons. The molecule has 0 heterocycles. The zero-order chi connectivity index (χ0) is 29.1. The monoisotopic (exact) mass is 538 g/mol. The molecule has 0 aliphatic heterocycles. The van der Waals surface area contributed by atoms with Gasteiger partial charge in [-0.05, 0) is 49.9 Å². The Balaban J connectivity index is 2.01. The normalized spacial score (nSPS) is 30.3. The van der Waals surface area contributed by atoms with Crippen molar-refractivity contribution in [3.63, 3.8) is 0 Å². The summed E-state index contributed by atoms with van der Waals surface area (Å²) in [5, 5.41) is 57.2. The van der Waals surface area contributed by atoms with E-state index in [4.69, 9.17) is 5.73 Å². The van der Waals surface area contributed by atoms with Gasteiger partial charge in [-0.3, -0.25) is 19.3 Å². The topological polar surface area (TPSA) is 182 Å². The fourth-order valence-corrected chi connectivity index (χ4v) is 6.71. The van der Waals surface area contributed by atoms with Crippen LogP contribution in [0.3, 0.4) is 0 Å². The zero-order valence-electron chi connectivity index (χ0n) is 22.1. The predicted molar refractivity (Wildman–Crippen MR) is 143 cm³/mol. The predicted octanol–water partition coefficient (Wildman–Crippen LogP) is 1.73. The van der Waals surface area contributed by atoms with Crippen LogP contribution in [0.25, 0.3) is 5.76 Å². The molecule has 1 fully saturated rings. The van der Waals surface area contributed by atoms with Gasteiger partial charge in [0.1, 0.15) is 22.8 Å². The van der Waals surface area contributed by atoms with Crippen molar-refractivity contribution in [1.82, 2.24) is 4.90 Å². The largest absolute Gasteiger partial charge is 0.508 e. The van der Waals surface area contributed by atoms with E-state index >= 15 is 0 Å². The molecular formula is C29H34N2O8. The lowest BCUT2D eigenvalue weighted by molar-refractivity contribution is -0.169. The summed E-state index contributed by atoms with van der Waals surface area (Å²) in [5.74, 6) is -9.23. The van der Waals surface area contributed by atoms with Crippen LogP contribution < -0.4 is 5.73 Å². The molecule has 10 nitrogen and oxygen atoms in total. The van der Waals surface area contributed by atoms with Gasteiger partial charge in [-0.2, -0.15) is 0 Å². The lowest BCUT2D eigenvalue weighted by Gasteiger charge is -2.53. The molecule has 0 spiro atoms. The number of carbonyl (C=O) groups excluding carboxylic acids is 3. The second-order valence-corrected chi connectivity index (χ2v) is 10.8. The summed E-state index contributed by atoms with van der Waals surface area (Å²) in [6, 6.07) is 2.03. The van der Waals surface area contributed by atoms with Gasteiger partial charge < -0.3 is 31.3 Å². The van der Waals surface area contributed by atoms with E-state index in [1.54, 1.807) is 31.2 Å². The van der Waals surface area contributed by atoms with E-state index in [0.717, 1.165) is 0 Å². The van der Waals surface area contributed by atoms with Gasteiger partial charge in [0.2, 0.25) is 5.78 Å². The number of aliphatic hydroxyl groups excluding tert-OH is 3. The van der Waals surface area contributed by atoms with Gasteiger partial charge in [-0.15, -0.1) is 13.2 Å². The van der Waals surface area contributed by atoms with Gasteiger partial charge in [-0.25, -0.2) is 0 Å². The maximum absolute atomic E-state index is 14.1. The third-order valence-corrected chi connectivity index (χ3v) is 8.50. The maximum Gasteiger partial charge on any atom is 0.255 e. The van der Waals surface area contributed by atoms with Crippen LogP contribution in [0, 0.1) is 11.8 Å². The van der Waals surface area contributed by atoms with Gasteiger partial charge in [0.15, 0.2) is 11.4 Å². The Labute approximate surface area is 226 Å². The van der Waals surface area contributed by atoms with Crippen molar-refractivity contribution in [3.8, 4) is 5.75 Å². The Bertz CT molecular complexity index is 1350. The molecule has 0 unspecified atom stereocenters. The first kappa shape index (κ1) is 28.3. The highest BCUT2D eigenvalue weighted by atomic mass is 16.4. The van der Waals surface area contributed by atoms with Crippen LogP contribution in [0.15, 0.2) is 54.3 Å². The number of likely N-dealkylation sites (N-methyl/N-ethyl adjacent to an activating group) is 1. The first-order chi connectivity index (χ1) is 18.3. The number of phenols is 1. The molecular weight excluding hydrogens is 504 g/mol. The first-order valence-corrected chi connectivity index (χ1v) is 12.7. The number of primary amides is 1. The molecule has 1 aromatic carbocycles. The molecule has 208 valence electrons. The quantitative estimate of drug-likeness (QED) is 0.222. The number of fused-ring (bicyclic) bond motifs is 3. The van der Waals surface area contributed by atoms with Crippen molar-refractivity contribution in [1.29, 1.82) is 0 Å². The smallest absolute Gasteiger partial charge is 0.255 e. The summed E-state index contributed by atoms with van der Waals surface area (Å²) in [6.07, 6.45) is 2.76. The van der Waals surface area contributed by atoms with E-state index in [1.807, 2.05) is 0 Å². The number of benzene rings is 1. The number of aromatic hydroxyl groups is 1. The average Bonchev–Trinajstić information content (AvgIpc) is 2.85. The highest BCUT2D eigenvalue weighted by Crippen LogP contribution is 2.56. The molecule has 39 heavy (non-hydrogen) atoms. The molecule has 0 aromatic heterocycles. The van der Waals surface area contributed by atoms with E-state index in [-0.39, 0.29) is 17.2 Å². The van der Waals surface area contributed by atoms with Crippen LogP contribution in [0.1, 0.15) is 48.3 Å². The average molecular weight is 539 g/mol. The number of allylic oxidation sites excluding steroid dienone is 2. The van der Waals surface area contributed by atoms with Crippen molar-refractivity contribution in [2.24, 2.45) is 17.6 Å². The van der Waals surface area contributed by atoms with Gasteiger partial charge in [0, 0.05) is 11.5 Å². The zero-order valence-corrected chi connectivity index (χ0v) is 22.1. The van der Waals surface area contributed by atoms with E-state index in [1.165, 1.54) is 19.0 Å². The number of Topliss-reactive ketones (excluding diaryl/α,β-unsaturated/α-hetero) is 2. The van der Waals surface area contributed by atoms with Gasteiger partial charge in [0.25, 0.3) is 5.91 Å². The van der Waals surface area contributed by atoms with Gasteiger partial charge in [-0.1, -0.05) is 31.2 Å². The van der Waals surface area contributed by atoms with E-state index in [9.17, 15) is 39.9 Å². The second-order valence-electron chi connectivity index (χ2n) is 10.8. The van der Waals surface area contributed by atoms with E-state index in [2.05, 4.69) is 13.2 Å². The summed E-state index contributed by atoms with van der Waals surface area (Å²) >= 11 is 0. The van der Waals surface area contributed by atoms with Crippen molar-refractivity contribution in [3.05, 3.63) is 71.0 Å². The Morgan fingerprint density at radius 3 is 2.26 bits per heavy atom. The van der Waals surface area contributed by atoms with Crippen molar-refractivity contribution < 1.29 is 39.9 Å². The molecule has 10 heteroatoms. The summed E-state index contributed by atoms with van der Waals surface area (Å²) in [4.78, 5) is 40.7. The lowest BCUT2D eigenvalue weighted by Crippen LogP contribution is -2.70. The minimum atomic E-state index is -2.94. The molecule has 0 saturated heterocycles. The number of rotatable bonds is 7. The molecule has 7 N–H and O–H groups in total. The molecule has 6 atom stereocenters. The first-order valence-electron chi connectivity index (χ1n) is 12.7. The van der Waals surface area contributed by atoms with Crippen LogP contribution in [-0.4, -0.2) is 79.7 Å². The van der Waals surface area contributed by atoms with E-state index < -0.39 is 75.6 Å². The summed E-state index contributed by atoms with van der Waals surface area (Å²) in [7, 11) is 2.93. The number of carbonyl (C=O) groups is 3. The van der Waals surface area contributed by atoms with Crippen LogP contribution >= 0.6 is 0 Å². The van der Waals surface area contributed by atoms with Crippen LogP contribution in [0.2, 0.25) is 0 Å². The molecule has 3 aliphatic carbocycles. The van der Waals surface area contributed by atoms with E-state index in [0.29, 0.717) is 24.0 Å². The van der Waals surface area contributed by atoms with Crippen LogP contribution in [-0.2, 0) is 14.4 Å². The number of ketones is 2. The van der Waals surface area contributed by atoms with Crippen molar-refractivity contribution in [2.45, 2.75) is 49.3 Å². The second kappa shape index (κ2) is 9.78. The highest BCUT2D eigenvalue weighted by molar-refractivity contribution is 6.24. The number of hydrogen-bond donors (Lipinski definition) is 6. The van der Waals surface area contributed by atoms with Gasteiger partial charge in [0.05, 0.1) is 23.6 Å². The van der Waals surface area contributed by atoms with Crippen molar-refractivity contribution in [2.75, 3.05) is 14.1 Å². The Kier molecular flexibility index (Phi) is 7.09. The third-order valence-electron chi connectivity index (χ3n) is 8.50. The Morgan fingerprint density at radius 2 is 1.74 bits per heavy atom. The summed E-state index contributed by atoms with van der Waals surface area (Å²) in [6.45, 7) is 9.21. The number of amides is 1. The molecule has 1 amide bonds. The third kappa shape index (κ3) is 3.77. The minimum absolute atomic E-state index is 0.0263. The number of aliphatic hydroxyl groups is 4. The Morgan fingerprint density at radius 1 is 1.15 bits per heavy atom. The molecule has 3 aliphatic rings. The Hall–Kier alpha value is -3.73. The maximum atomic E-state index is 14.1. The molecule has 1 aromatic rings. The SMILES string of the molecule is C=CCC(CC=C)c1ccc2c(c1O)C(O)=C1C(=O)[C@]3(O)C(O)=C(C(N)=O)C(=O)[C@@H](N(C)C)[C@@H]3[C@@H](O)[C@@H]1[C@H]2C. The molecule has 1 saturated carbocycles. The van der Waals surface area contributed by atoms with Crippen LogP contribution in [0.5, 0.6) is 5.75 Å². The number of phenolic OH excluding ortho intramolecular Hbond substituents is 1. The van der Waals surface area contributed by atoms with Gasteiger partial charge >= 0.3 is 0 Å². The standard InChI is InChI=1S/C29H34N2O8/c1-6-8-13(9-7-2)15-11-10-14-12(3)16-18(23(33)17(14)22(15)32)26(36)29(39)20(24(16)34)21(31(4)5)25(35)19(27(29)37)28(30)38/h6-7,10-13,16,20-21,24,32-34,37,39H,1-2,8-9H2,3-5H3,(H2,30,38)/t12-,16+,20+,21-,24-,29-/m0/s1. The lowest BCUT2D eigenvalue weighted by atomic mass is 9.54. The molecule has 4 rings (SSSR count). The number of nitrogens with two attached hydrogens (primary N) is 1. The minimum Gasteiger partial charge on any atom is -0.508 e. The van der Waals surface area contributed by atoms with Crippen molar-refractivity contribution >= 4 is 23.2 Å². The number of hydrogen-bond acceptors (Lipinski definition) is 9.